The highest BCUT2D eigenvalue weighted by Gasteiger charge is 2.60. The summed E-state index contributed by atoms with van der Waals surface area (Å²) in [6, 6.07) is -0.357. The molecule has 0 amide bonds. The van der Waals surface area contributed by atoms with Crippen molar-refractivity contribution in [3.8, 4) is 0 Å². The van der Waals surface area contributed by atoms with E-state index in [4.69, 9.17) is 16.3 Å². The van der Waals surface area contributed by atoms with Crippen LogP contribution in [-0.4, -0.2) is 34.5 Å². The van der Waals surface area contributed by atoms with E-state index >= 15 is 0 Å². The van der Waals surface area contributed by atoms with E-state index < -0.39 is 30.0 Å². The number of hydrogen-bond acceptors (Lipinski definition) is 5. The molecule has 4 saturated carbocycles. The lowest BCUT2D eigenvalue weighted by molar-refractivity contribution is -0.154. The van der Waals surface area contributed by atoms with Gasteiger partial charge in [-0.1, -0.05) is 0 Å². The summed E-state index contributed by atoms with van der Waals surface area (Å²) in [7, 11) is 0. The van der Waals surface area contributed by atoms with Crippen LogP contribution in [-0.2, 0) is 9.53 Å². The Morgan fingerprint density at radius 3 is 2.48 bits per heavy atom. The van der Waals surface area contributed by atoms with Crippen molar-refractivity contribution in [2.45, 2.75) is 56.9 Å². The number of alkyl halides is 2. The van der Waals surface area contributed by atoms with Crippen molar-refractivity contribution in [3.05, 3.63) is 16.8 Å². The number of aromatic nitrogens is 2. The van der Waals surface area contributed by atoms with Crippen molar-refractivity contribution < 1.29 is 22.7 Å². The highest BCUT2D eigenvalue weighted by Crippen LogP contribution is 2.56. The Morgan fingerprint density at radius 1 is 1.26 bits per heavy atom. The van der Waals surface area contributed by atoms with E-state index in [-0.39, 0.29) is 47.2 Å². The third-order valence-corrected chi connectivity index (χ3v) is 6.26. The van der Waals surface area contributed by atoms with E-state index in [1.54, 1.807) is 6.92 Å². The summed E-state index contributed by atoms with van der Waals surface area (Å²) < 4.78 is 46.9. The summed E-state index contributed by atoms with van der Waals surface area (Å²) in [4.78, 5) is 20.1. The fourth-order valence-corrected chi connectivity index (χ4v) is 4.84. The number of fused-ring (bicyclic) bond motifs is 3. The number of rotatable bonds is 5. The molecule has 0 saturated heterocycles. The summed E-state index contributed by atoms with van der Waals surface area (Å²) in [5.74, 6) is -5.74. The van der Waals surface area contributed by atoms with E-state index in [0.29, 0.717) is 0 Å². The maximum atomic E-state index is 14.9. The molecule has 0 aliphatic heterocycles. The fourth-order valence-electron chi connectivity index (χ4n) is 4.67. The Balaban J connectivity index is 1.63. The largest absolute Gasteiger partial charge is 0.466 e. The number of nitrogens with zero attached hydrogens (tertiary/aromatic N) is 2. The van der Waals surface area contributed by atoms with Gasteiger partial charge in [0.15, 0.2) is 11.6 Å². The van der Waals surface area contributed by atoms with Gasteiger partial charge in [-0.05, 0) is 56.0 Å². The maximum Gasteiger partial charge on any atom is 0.311 e. The molecule has 4 aliphatic rings. The second-order valence-electron chi connectivity index (χ2n) is 7.68. The molecule has 9 heteroatoms. The van der Waals surface area contributed by atoms with Crippen LogP contribution < -0.4 is 5.32 Å². The van der Waals surface area contributed by atoms with Crippen LogP contribution in [0.2, 0.25) is 5.28 Å². The lowest BCUT2D eigenvalue weighted by atomic mass is 9.61. The molecule has 4 aliphatic carbocycles. The van der Waals surface area contributed by atoms with Crippen molar-refractivity contribution >= 4 is 23.4 Å². The Hall–Kier alpha value is -1.57. The zero-order valence-corrected chi connectivity index (χ0v) is 15.6. The smallest absolute Gasteiger partial charge is 0.311 e. The summed E-state index contributed by atoms with van der Waals surface area (Å²) in [6.45, 7) is 2.02. The van der Waals surface area contributed by atoms with E-state index in [1.807, 2.05) is 0 Å². The molecule has 5 rings (SSSR count). The van der Waals surface area contributed by atoms with Crippen LogP contribution in [0.1, 0.15) is 50.6 Å². The Labute approximate surface area is 160 Å². The number of hydrogen-bond donors (Lipinski definition) is 1. The summed E-state index contributed by atoms with van der Waals surface area (Å²) >= 11 is 5.87. The van der Waals surface area contributed by atoms with Gasteiger partial charge in [0.25, 0.3) is 5.92 Å². The van der Waals surface area contributed by atoms with Crippen molar-refractivity contribution in [2.75, 3.05) is 11.9 Å². The van der Waals surface area contributed by atoms with Gasteiger partial charge in [-0.3, -0.25) is 4.79 Å². The van der Waals surface area contributed by atoms with Gasteiger partial charge in [-0.25, -0.2) is 18.2 Å². The number of ether oxygens (including phenoxy) is 1. The van der Waals surface area contributed by atoms with Gasteiger partial charge in [-0.15, -0.1) is 0 Å². The van der Waals surface area contributed by atoms with Crippen LogP contribution in [0.3, 0.4) is 0 Å². The quantitative estimate of drug-likeness (QED) is 0.590. The van der Waals surface area contributed by atoms with Gasteiger partial charge in [0.1, 0.15) is 0 Å². The molecular weight excluding hydrogens is 383 g/mol. The molecule has 1 N–H and O–H groups in total. The van der Waals surface area contributed by atoms with Gasteiger partial charge >= 0.3 is 5.97 Å². The number of halogens is 4. The van der Waals surface area contributed by atoms with Gasteiger partial charge in [-0.2, -0.15) is 4.98 Å². The van der Waals surface area contributed by atoms with Crippen molar-refractivity contribution in [1.82, 2.24) is 9.97 Å². The molecule has 0 aromatic carbocycles. The lowest BCUT2D eigenvalue weighted by Crippen LogP contribution is -2.52. The molecule has 1 heterocycles. The van der Waals surface area contributed by atoms with Crippen molar-refractivity contribution in [2.24, 2.45) is 17.8 Å². The molecule has 1 unspecified atom stereocenters. The van der Waals surface area contributed by atoms with Gasteiger partial charge in [0.2, 0.25) is 5.28 Å². The molecule has 3 atom stereocenters. The van der Waals surface area contributed by atoms with E-state index in [0.717, 1.165) is 25.7 Å². The molecule has 2 bridgehead atoms. The monoisotopic (exact) mass is 403 g/mol. The molecule has 4 fully saturated rings. The van der Waals surface area contributed by atoms with Crippen molar-refractivity contribution in [1.29, 1.82) is 0 Å². The third-order valence-electron chi connectivity index (χ3n) is 6.09. The molecule has 27 heavy (non-hydrogen) atoms. The highest BCUT2D eigenvalue weighted by molar-refractivity contribution is 6.28. The summed E-state index contributed by atoms with van der Waals surface area (Å²) in [6.07, 6.45) is 3.26. The minimum Gasteiger partial charge on any atom is -0.466 e. The van der Waals surface area contributed by atoms with Gasteiger partial charge in [0, 0.05) is 12.5 Å². The topological polar surface area (TPSA) is 64.1 Å². The average Bonchev–Trinajstić information content (AvgIpc) is 3.27. The number of esters is 1. The molecule has 1 aromatic rings. The van der Waals surface area contributed by atoms with Gasteiger partial charge in [0.05, 0.1) is 24.1 Å². The Bertz CT molecular complexity index is 756. The van der Waals surface area contributed by atoms with Gasteiger partial charge < -0.3 is 10.1 Å². The Kier molecular flexibility index (Phi) is 4.72. The first kappa shape index (κ1) is 18.8. The Morgan fingerprint density at radius 2 is 1.89 bits per heavy atom. The SMILES string of the molecule is CCOC(=O)[C@H]1C2CCC(CC2)[C@@H]1Nc1nc(Cl)nc(C2CC2(F)F)c1F. The van der Waals surface area contributed by atoms with E-state index in [2.05, 4.69) is 15.3 Å². The second-order valence-corrected chi connectivity index (χ2v) is 8.02. The number of anilines is 1. The molecular formula is C18H21ClF3N3O2. The zero-order valence-electron chi connectivity index (χ0n) is 14.9. The number of carbonyl (C=O) groups excluding carboxylic acids is 1. The first-order chi connectivity index (χ1) is 12.8. The van der Waals surface area contributed by atoms with E-state index in [1.165, 1.54) is 0 Å². The predicted octanol–water partition coefficient (Wildman–Crippen LogP) is 4.17. The number of carbonyl (C=O) groups is 1. The number of nitrogens with one attached hydrogen (secondary N) is 1. The minimum atomic E-state index is -2.97. The van der Waals surface area contributed by atoms with Crippen LogP contribution in [0.5, 0.6) is 0 Å². The predicted molar refractivity (Wildman–Crippen MR) is 92.3 cm³/mol. The molecule has 1 aromatic heterocycles. The maximum absolute atomic E-state index is 14.9. The zero-order chi connectivity index (χ0) is 19.3. The molecule has 0 radical (unpaired) electrons. The minimum absolute atomic E-state index is 0.166. The molecule has 148 valence electrons. The first-order valence-electron chi connectivity index (χ1n) is 9.35. The fraction of sp³-hybridized carbons (Fsp3) is 0.722. The third kappa shape index (κ3) is 3.37. The van der Waals surface area contributed by atoms with E-state index in [9.17, 15) is 18.0 Å². The van der Waals surface area contributed by atoms with Crippen molar-refractivity contribution in [3.63, 3.8) is 0 Å². The molecule has 0 spiro atoms. The van der Waals surface area contributed by atoms with Crippen LogP contribution in [0.15, 0.2) is 0 Å². The van der Waals surface area contributed by atoms with Crippen LogP contribution >= 0.6 is 11.6 Å². The summed E-state index contributed by atoms with van der Waals surface area (Å²) in [5, 5.41) is 2.72. The standard InChI is InChI=1S/C18H21ClF3N3O2/c1-2-27-16(26)11-8-3-5-9(6-4-8)13(11)23-15-12(20)14(24-17(19)25-15)10-7-18(10,21)22/h8-11,13H,2-7H2,1H3,(H,23,24,25)/t8?,9?,10?,11-,13-/m0/s1. The lowest BCUT2D eigenvalue weighted by Gasteiger charge is -2.47. The average molecular weight is 404 g/mol. The molecule has 5 nitrogen and oxygen atoms in total. The highest BCUT2D eigenvalue weighted by atomic mass is 35.5. The summed E-state index contributed by atoms with van der Waals surface area (Å²) in [5.41, 5.74) is -0.365. The van der Waals surface area contributed by atoms with Crippen LogP contribution in [0.4, 0.5) is 19.0 Å². The van der Waals surface area contributed by atoms with Crippen LogP contribution in [0.25, 0.3) is 0 Å². The second kappa shape index (κ2) is 6.79. The first-order valence-corrected chi connectivity index (χ1v) is 9.73. The normalized spacial score (nSPS) is 33.6. The van der Waals surface area contributed by atoms with Crippen LogP contribution in [0, 0.1) is 23.6 Å².